The second-order valence-corrected chi connectivity index (χ2v) is 2.74. The topological polar surface area (TPSA) is 42.0 Å². The molecule has 1 aromatic heterocycles. The van der Waals surface area contributed by atoms with Gasteiger partial charge in [0.25, 0.3) is 0 Å². The molecule has 0 fully saturated rings. The molecule has 0 aromatic carbocycles. The number of carbonyl (C=O) groups is 1. The van der Waals surface area contributed by atoms with Gasteiger partial charge >= 0.3 is 0 Å². The van der Waals surface area contributed by atoms with Crippen LogP contribution in [0.15, 0.2) is 18.3 Å². The zero-order chi connectivity index (χ0) is 8.97. The smallest absolute Gasteiger partial charge is 0.217 e. The van der Waals surface area contributed by atoms with Gasteiger partial charge in [0.2, 0.25) is 5.91 Å². The average molecular weight is 164 g/mol. The maximum Gasteiger partial charge on any atom is 0.217 e. The van der Waals surface area contributed by atoms with Gasteiger partial charge in [-0.05, 0) is 18.6 Å². The van der Waals surface area contributed by atoms with Crippen LogP contribution in [0.25, 0.3) is 0 Å². The summed E-state index contributed by atoms with van der Waals surface area (Å²) in [4.78, 5) is 14.7. The van der Waals surface area contributed by atoms with Gasteiger partial charge in [0.1, 0.15) is 0 Å². The van der Waals surface area contributed by atoms with Crippen molar-refractivity contribution in [2.24, 2.45) is 0 Å². The maximum absolute atomic E-state index is 10.5. The van der Waals surface area contributed by atoms with Crippen molar-refractivity contribution in [1.29, 1.82) is 0 Å². The molecular formula is C9H12N2O. The third-order valence-electron chi connectivity index (χ3n) is 1.49. The standard InChI is InChI=1S/C9H12N2O/c1-7-3-4-9(11-5-7)6-10-8(2)12/h3-5H,6H2,1-2H3,(H,10,12). The summed E-state index contributed by atoms with van der Waals surface area (Å²) in [5.74, 6) is -0.0302. The Morgan fingerprint density at radius 1 is 1.58 bits per heavy atom. The Hall–Kier alpha value is -1.38. The highest BCUT2D eigenvalue weighted by atomic mass is 16.1. The number of hydrogen-bond donors (Lipinski definition) is 1. The van der Waals surface area contributed by atoms with E-state index >= 15 is 0 Å². The first-order valence-corrected chi connectivity index (χ1v) is 3.84. The molecule has 1 rings (SSSR count). The summed E-state index contributed by atoms with van der Waals surface area (Å²) >= 11 is 0. The monoisotopic (exact) mass is 164 g/mol. The summed E-state index contributed by atoms with van der Waals surface area (Å²) in [5.41, 5.74) is 2.01. The summed E-state index contributed by atoms with van der Waals surface area (Å²) in [5, 5.41) is 2.68. The van der Waals surface area contributed by atoms with Crippen LogP contribution >= 0.6 is 0 Å². The molecular weight excluding hydrogens is 152 g/mol. The molecule has 0 aliphatic heterocycles. The van der Waals surface area contributed by atoms with Crippen molar-refractivity contribution in [2.75, 3.05) is 0 Å². The summed E-state index contributed by atoms with van der Waals surface area (Å²) < 4.78 is 0. The Kier molecular flexibility index (Phi) is 2.80. The molecule has 12 heavy (non-hydrogen) atoms. The van der Waals surface area contributed by atoms with E-state index in [1.54, 1.807) is 6.20 Å². The van der Waals surface area contributed by atoms with Crippen molar-refractivity contribution in [3.63, 3.8) is 0 Å². The van der Waals surface area contributed by atoms with E-state index in [0.29, 0.717) is 6.54 Å². The lowest BCUT2D eigenvalue weighted by molar-refractivity contribution is -0.119. The quantitative estimate of drug-likeness (QED) is 0.709. The molecule has 3 nitrogen and oxygen atoms in total. The Labute approximate surface area is 71.8 Å². The number of nitrogens with zero attached hydrogens (tertiary/aromatic N) is 1. The van der Waals surface area contributed by atoms with Crippen molar-refractivity contribution >= 4 is 5.91 Å². The molecule has 1 amide bonds. The Balaban J connectivity index is 2.53. The molecule has 0 radical (unpaired) electrons. The van der Waals surface area contributed by atoms with Crippen LogP contribution in [0.4, 0.5) is 0 Å². The minimum absolute atomic E-state index is 0.0302. The molecule has 0 saturated heterocycles. The van der Waals surface area contributed by atoms with Gasteiger partial charge in [0.05, 0.1) is 12.2 Å². The maximum atomic E-state index is 10.5. The molecule has 0 aliphatic carbocycles. The van der Waals surface area contributed by atoms with Crippen LogP contribution < -0.4 is 5.32 Å². The van der Waals surface area contributed by atoms with E-state index in [-0.39, 0.29) is 5.91 Å². The summed E-state index contributed by atoms with van der Waals surface area (Å²) in [6.07, 6.45) is 1.79. The van der Waals surface area contributed by atoms with Crippen LogP contribution in [0.3, 0.4) is 0 Å². The fourth-order valence-corrected chi connectivity index (χ4v) is 0.818. The van der Waals surface area contributed by atoms with E-state index in [0.717, 1.165) is 11.3 Å². The fraction of sp³-hybridized carbons (Fsp3) is 0.333. The second kappa shape index (κ2) is 3.85. The lowest BCUT2D eigenvalue weighted by atomic mass is 10.3. The largest absolute Gasteiger partial charge is 0.351 e. The van der Waals surface area contributed by atoms with Gasteiger partial charge in [0.15, 0.2) is 0 Å². The van der Waals surface area contributed by atoms with E-state index in [9.17, 15) is 4.79 Å². The Morgan fingerprint density at radius 3 is 2.83 bits per heavy atom. The molecule has 0 saturated carbocycles. The summed E-state index contributed by atoms with van der Waals surface area (Å²) in [6, 6.07) is 3.88. The number of rotatable bonds is 2. The van der Waals surface area contributed by atoms with Crippen molar-refractivity contribution in [3.8, 4) is 0 Å². The SMILES string of the molecule is CC(=O)NCc1ccc(C)cn1. The highest BCUT2D eigenvalue weighted by molar-refractivity contribution is 5.72. The highest BCUT2D eigenvalue weighted by Gasteiger charge is 1.94. The van der Waals surface area contributed by atoms with Crippen molar-refractivity contribution in [2.45, 2.75) is 20.4 Å². The highest BCUT2D eigenvalue weighted by Crippen LogP contribution is 1.97. The molecule has 3 heteroatoms. The second-order valence-electron chi connectivity index (χ2n) is 2.74. The van der Waals surface area contributed by atoms with Gasteiger partial charge in [-0.2, -0.15) is 0 Å². The minimum atomic E-state index is -0.0302. The van der Waals surface area contributed by atoms with Gasteiger partial charge in [-0.3, -0.25) is 9.78 Å². The molecule has 0 atom stereocenters. The normalized spacial score (nSPS) is 9.50. The number of pyridine rings is 1. The van der Waals surface area contributed by atoms with Crippen LogP contribution in [0.2, 0.25) is 0 Å². The van der Waals surface area contributed by atoms with E-state index in [2.05, 4.69) is 10.3 Å². The predicted molar refractivity (Wildman–Crippen MR) is 46.5 cm³/mol. The first-order chi connectivity index (χ1) is 5.68. The third kappa shape index (κ3) is 2.70. The number of aromatic nitrogens is 1. The van der Waals surface area contributed by atoms with Crippen LogP contribution in [0.5, 0.6) is 0 Å². The molecule has 0 bridgehead atoms. The predicted octanol–water partition coefficient (Wildman–Crippen LogP) is 1.03. The molecule has 1 aromatic rings. The molecule has 1 heterocycles. The van der Waals surface area contributed by atoms with E-state index in [4.69, 9.17) is 0 Å². The first-order valence-electron chi connectivity index (χ1n) is 3.84. The number of amides is 1. The molecule has 0 aliphatic rings. The van der Waals surface area contributed by atoms with Crippen molar-refractivity contribution in [1.82, 2.24) is 10.3 Å². The number of carbonyl (C=O) groups excluding carboxylic acids is 1. The molecule has 0 spiro atoms. The van der Waals surface area contributed by atoms with E-state index in [1.807, 2.05) is 19.1 Å². The van der Waals surface area contributed by atoms with E-state index < -0.39 is 0 Å². The summed E-state index contributed by atoms with van der Waals surface area (Å²) in [6.45, 7) is 3.99. The zero-order valence-electron chi connectivity index (χ0n) is 7.29. The number of nitrogens with one attached hydrogen (secondary N) is 1. The van der Waals surface area contributed by atoms with E-state index in [1.165, 1.54) is 6.92 Å². The van der Waals surface area contributed by atoms with Crippen molar-refractivity contribution in [3.05, 3.63) is 29.6 Å². The Bertz CT molecular complexity index is 266. The van der Waals surface area contributed by atoms with Crippen LogP contribution in [0, 0.1) is 6.92 Å². The van der Waals surface area contributed by atoms with Crippen molar-refractivity contribution < 1.29 is 4.79 Å². The molecule has 1 N–H and O–H groups in total. The van der Waals surface area contributed by atoms with Gasteiger partial charge in [-0.25, -0.2) is 0 Å². The fourth-order valence-electron chi connectivity index (χ4n) is 0.818. The Morgan fingerprint density at radius 2 is 2.33 bits per heavy atom. The van der Waals surface area contributed by atoms with Gasteiger partial charge in [-0.15, -0.1) is 0 Å². The minimum Gasteiger partial charge on any atom is -0.351 e. The van der Waals surface area contributed by atoms with Gasteiger partial charge < -0.3 is 5.32 Å². The molecule has 0 unspecified atom stereocenters. The van der Waals surface area contributed by atoms with Gasteiger partial charge in [-0.1, -0.05) is 6.07 Å². The van der Waals surface area contributed by atoms with Crippen LogP contribution in [-0.2, 0) is 11.3 Å². The third-order valence-corrected chi connectivity index (χ3v) is 1.49. The number of hydrogen-bond acceptors (Lipinski definition) is 2. The lowest BCUT2D eigenvalue weighted by Crippen LogP contribution is -2.19. The van der Waals surface area contributed by atoms with Crippen LogP contribution in [0.1, 0.15) is 18.2 Å². The first kappa shape index (κ1) is 8.71. The summed E-state index contributed by atoms with van der Waals surface area (Å²) in [7, 11) is 0. The lowest BCUT2D eigenvalue weighted by Gasteiger charge is -2.00. The zero-order valence-corrected chi connectivity index (χ0v) is 7.29. The van der Waals surface area contributed by atoms with Crippen LogP contribution in [-0.4, -0.2) is 10.9 Å². The van der Waals surface area contributed by atoms with Gasteiger partial charge in [0, 0.05) is 13.1 Å². The number of aryl methyl sites for hydroxylation is 1. The average Bonchev–Trinajstić information content (AvgIpc) is 2.03. The molecule has 64 valence electrons.